The standard InChI is InChI=1S/C29H22Br2O/c1-17-23(19-6-3-2-4-7-19)16-26-24-14-21(31)11-13-27(24)32-29(26)28(17)25-15-20(30)10-12-22(25)18-8-5-9-18/h2-4,6-7,10-16,18H,5,8-9H2,1H3. The Morgan fingerprint density at radius 1 is 0.781 bits per heavy atom. The quantitative estimate of drug-likeness (QED) is 0.220. The highest BCUT2D eigenvalue weighted by atomic mass is 79.9. The Bertz CT molecular complexity index is 1480. The maximum atomic E-state index is 6.55. The fourth-order valence-electron chi connectivity index (χ4n) is 5.04. The van der Waals surface area contributed by atoms with Crippen LogP contribution in [-0.2, 0) is 0 Å². The summed E-state index contributed by atoms with van der Waals surface area (Å²) in [7, 11) is 0. The van der Waals surface area contributed by atoms with E-state index in [0.29, 0.717) is 5.92 Å². The molecule has 1 heterocycles. The van der Waals surface area contributed by atoms with Crippen molar-refractivity contribution in [3.05, 3.63) is 92.9 Å². The minimum atomic E-state index is 0.631. The van der Waals surface area contributed by atoms with Crippen molar-refractivity contribution in [1.29, 1.82) is 0 Å². The highest BCUT2D eigenvalue weighted by Crippen LogP contribution is 2.48. The molecule has 158 valence electrons. The largest absolute Gasteiger partial charge is 0.455 e. The third-order valence-electron chi connectivity index (χ3n) is 6.90. The molecule has 3 heteroatoms. The van der Waals surface area contributed by atoms with Gasteiger partial charge in [-0.2, -0.15) is 0 Å². The first-order valence-electron chi connectivity index (χ1n) is 11.1. The van der Waals surface area contributed by atoms with Gasteiger partial charge in [0.15, 0.2) is 0 Å². The zero-order valence-electron chi connectivity index (χ0n) is 17.8. The SMILES string of the molecule is Cc1c(-c2ccccc2)cc2c(oc3ccc(Br)cc32)c1-c1cc(Br)ccc1C1CCC1. The minimum Gasteiger partial charge on any atom is -0.455 e. The summed E-state index contributed by atoms with van der Waals surface area (Å²) in [5, 5.41) is 2.31. The van der Waals surface area contributed by atoms with Gasteiger partial charge in [0.1, 0.15) is 11.2 Å². The summed E-state index contributed by atoms with van der Waals surface area (Å²) in [6.07, 6.45) is 3.85. The van der Waals surface area contributed by atoms with Crippen LogP contribution in [-0.4, -0.2) is 0 Å². The molecule has 5 aromatic rings. The third kappa shape index (κ3) is 3.25. The molecule has 0 N–H and O–H groups in total. The molecule has 1 saturated carbocycles. The minimum absolute atomic E-state index is 0.631. The van der Waals surface area contributed by atoms with E-state index in [1.54, 1.807) is 0 Å². The van der Waals surface area contributed by atoms with Crippen LogP contribution in [0.25, 0.3) is 44.2 Å². The van der Waals surface area contributed by atoms with Gasteiger partial charge >= 0.3 is 0 Å². The molecule has 1 aromatic heterocycles. The summed E-state index contributed by atoms with van der Waals surface area (Å²) in [6.45, 7) is 2.24. The van der Waals surface area contributed by atoms with Gasteiger partial charge in [0.2, 0.25) is 0 Å². The van der Waals surface area contributed by atoms with E-state index in [9.17, 15) is 0 Å². The molecule has 1 aliphatic carbocycles. The lowest BCUT2D eigenvalue weighted by atomic mass is 9.76. The molecule has 0 amide bonds. The molecule has 0 spiro atoms. The van der Waals surface area contributed by atoms with Gasteiger partial charge in [0, 0.05) is 25.3 Å². The van der Waals surface area contributed by atoms with E-state index < -0.39 is 0 Å². The van der Waals surface area contributed by atoms with E-state index >= 15 is 0 Å². The van der Waals surface area contributed by atoms with Crippen LogP contribution in [0.2, 0.25) is 0 Å². The van der Waals surface area contributed by atoms with Crippen molar-refractivity contribution in [2.75, 3.05) is 0 Å². The molecule has 4 aromatic carbocycles. The van der Waals surface area contributed by atoms with Crippen molar-refractivity contribution >= 4 is 53.8 Å². The van der Waals surface area contributed by atoms with Crippen molar-refractivity contribution in [3.8, 4) is 22.3 Å². The van der Waals surface area contributed by atoms with Gasteiger partial charge in [0.25, 0.3) is 0 Å². The lowest BCUT2D eigenvalue weighted by molar-refractivity contribution is 0.420. The molecule has 1 nitrogen and oxygen atoms in total. The first kappa shape index (κ1) is 20.3. The van der Waals surface area contributed by atoms with Gasteiger partial charge in [-0.25, -0.2) is 0 Å². The molecule has 0 radical (unpaired) electrons. The maximum absolute atomic E-state index is 6.55. The molecule has 0 unspecified atom stereocenters. The number of rotatable bonds is 3. The van der Waals surface area contributed by atoms with Crippen LogP contribution in [0, 0.1) is 6.92 Å². The van der Waals surface area contributed by atoms with E-state index in [-0.39, 0.29) is 0 Å². The van der Waals surface area contributed by atoms with Crippen LogP contribution in [0.4, 0.5) is 0 Å². The first-order chi connectivity index (χ1) is 15.6. The van der Waals surface area contributed by atoms with E-state index in [1.807, 2.05) is 6.07 Å². The van der Waals surface area contributed by atoms with Crippen LogP contribution in [0.3, 0.4) is 0 Å². The number of furan rings is 1. The maximum Gasteiger partial charge on any atom is 0.143 e. The molecular weight excluding hydrogens is 524 g/mol. The Morgan fingerprint density at radius 2 is 1.53 bits per heavy atom. The highest BCUT2D eigenvalue weighted by Gasteiger charge is 2.26. The zero-order chi connectivity index (χ0) is 21.8. The molecule has 0 atom stereocenters. The summed E-state index contributed by atoms with van der Waals surface area (Å²) in [5.74, 6) is 0.631. The van der Waals surface area contributed by atoms with Crippen LogP contribution in [0.15, 0.2) is 86.2 Å². The van der Waals surface area contributed by atoms with E-state index in [4.69, 9.17) is 4.42 Å². The molecule has 32 heavy (non-hydrogen) atoms. The average molecular weight is 546 g/mol. The Morgan fingerprint density at radius 3 is 2.28 bits per heavy atom. The second-order valence-electron chi connectivity index (χ2n) is 8.77. The predicted octanol–water partition coefficient (Wildman–Crippen LogP) is 10.0. The second-order valence-corrected chi connectivity index (χ2v) is 10.6. The smallest absolute Gasteiger partial charge is 0.143 e. The van der Waals surface area contributed by atoms with Gasteiger partial charge in [-0.05, 0) is 89.9 Å². The fourth-order valence-corrected chi connectivity index (χ4v) is 5.76. The van der Waals surface area contributed by atoms with Crippen molar-refractivity contribution in [3.63, 3.8) is 0 Å². The van der Waals surface area contributed by atoms with Gasteiger partial charge in [-0.1, -0.05) is 74.7 Å². The summed E-state index contributed by atoms with van der Waals surface area (Å²) in [4.78, 5) is 0. The van der Waals surface area contributed by atoms with Crippen LogP contribution < -0.4 is 0 Å². The molecule has 0 aliphatic heterocycles. The number of hydrogen-bond donors (Lipinski definition) is 0. The van der Waals surface area contributed by atoms with Crippen LogP contribution in [0.5, 0.6) is 0 Å². The molecule has 1 fully saturated rings. The van der Waals surface area contributed by atoms with Crippen LogP contribution >= 0.6 is 31.9 Å². The number of halogens is 2. The monoisotopic (exact) mass is 544 g/mol. The van der Waals surface area contributed by atoms with E-state index in [1.165, 1.54) is 58.0 Å². The molecular formula is C29H22Br2O. The van der Waals surface area contributed by atoms with Crippen molar-refractivity contribution in [2.45, 2.75) is 32.1 Å². The average Bonchev–Trinajstić information content (AvgIpc) is 3.11. The number of fused-ring (bicyclic) bond motifs is 3. The molecule has 0 bridgehead atoms. The fraction of sp³-hybridized carbons (Fsp3) is 0.172. The second kappa shape index (κ2) is 7.90. The Balaban J connectivity index is 1.76. The molecule has 1 aliphatic rings. The summed E-state index contributed by atoms with van der Waals surface area (Å²) < 4.78 is 8.72. The third-order valence-corrected chi connectivity index (χ3v) is 7.88. The number of hydrogen-bond acceptors (Lipinski definition) is 1. The predicted molar refractivity (Wildman–Crippen MR) is 141 cm³/mol. The number of benzene rings is 4. The summed E-state index contributed by atoms with van der Waals surface area (Å²) in [5.41, 5.74) is 9.62. The van der Waals surface area contributed by atoms with Crippen LogP contribution in [0.1, 0.15) is 36.3 Å². The van der Waals surface area contributed by atoms with E-state index in [0.717, 1.165) is 25.5 Å². The molecule has 0 saturated heterocycles. The summed E-state index contributed by atoms with van der Waals surface area (Å²) >= 11 is 7.40. The van der Waals surface area contributed by atoms with E-state index in [2.05, 4.69) is 106 Å². The zero-order valence-corrected chi connectivity index (χ0v) is 21.0. The van der Waals surface area contributed by atoms with Gasteiger partial charge in [-0.15, -0.1) is 0 Å². The Labute approximate surface area is 204 Å². The van der Waals surface area contributed by atoms with Gasteiger partial charge in [0.05, 0.1) is 0 Å². The topological polar surface area (TPSA) is 13.1 Å². The van der Waals surface area contributed by atoms with Gasteiger partial charge < -0.3 is 4.42 Å². The Kier molecular flexibility index (Phi) is 5.00. The van der Waals surface area contributed by atoms with Crippen molar-refractivity contribution < 1.29 is 4.42 Å². The lowest BCUT2D eigenvalue weighted by Crippen LogP contribution is -2.10. The molecule has 6 rings (SSSR count). The Hall–Kier alpha value is -2.36. The van der Waals surface area contributed by atoms with Crippen molar-refractivity contribution in [1.82, 2.24) is 0 Å². The highest BCUT2D eigenvalue weighted by molar-refractivity contribution is 9.10. The summed E-state index contributed by atoms with van der Waals surface area (Å²) in [6, 6.07) is 26.1. The van der Waals surface area contributed by atoms with Crippen molar-refractivity contribution in [2.24, 2.45) is 0 Å². The normalized spacial score (nSPS) is 14.2. The van der Waals surface area contributed by atoms with Gasteiger partial charge in [-0.3, -0.25) is 0 Å². The lowest BCUT2D eigenvalue weighted by Gasteiger charge is -2.29. The first-order valence-corrected chi connectivity index (χ1v) is 12.7.